The van der Waals surface area contributed by atoms with Crippen molar-refractivity contribution in [1.82, 2.24) is 20.2 Å². The van der Waals surface area contributed by atoms with Gasteiger partial charge in [-0.25, -0.2) is 14.8 Å². The highest BCUT2D eigenvalue weighted by Gasteiger charge is 2.51. The molecule has 2 amide bonds. The van der Waals surface area contributed by atoms with E-state index in [1.165, 1.54) is 49.7 Å². The van der Waals surface area contributed by atoms with Gasteiger partial charge in [-0.15, -0.1) is 0 Å². The maximum atomic E-state index is 13.5. The minimum atomic E-state index is 0.0598. The van der Waals surface area contributed by atoms with Gasteiger partial charge in [0.25, 0.3) is 0 Å². The Labute approximate surface area is 221 Å². The number of hydrogen-bond donors (Lipinski definition) is 1. The first kappa shape index (κ1) is 24.5. The van der Waals surface area contributed by atoms with Crippen molar-refractivity contribution in [1.29, 1.82) is 0 Å². The summed E-state index contributed by atoms with van der Waals surface area (Å²) in [4.78, 5) is 27.5. The fourth-order valence-corrected chi connectivity index (χ4v) is 8.04. The molecule has 4 aliphatic carbocycles. The number of aryl methyl sites for hydroxylation is 2. The Balaban J connectivity index is 1.15. The summed E-state index contributed by atoms with van der Waals surface area (Å²) in [5.41, 5.74) is 3.47. The fourth-order valence-electron chi connectivity index (χ4n) is 8.04. The summed E-state index contributed by atoms with van der Waals surface area (Å²) in [7, 11) is 1.69. The van der Waals surface area contributed by atoms with Gasteiger partial charge in [0.2, 0.25) is 0 Å². The number of nitrogens with one attached hydrogen (secondary N) is 1. The lowest BCUT2D eigenvalue weighted by Crippen LogP contribution is -2.62. The maximum Gasteiger partial charge on any atom is 0.317 e. The molecular formula is C30H41N5O2. The van der Waals surface area contributed by atoms with Crippen LogP contribution in [0.25, 0.3) is 0 Å². The van der Waals surface area contributed by atoms with Crippen LogP contribution in [0.3, 0.4) is 0 Å². The summed E-state index contributed by atoms with van der Waals surface area (Å²) in [6.07, 6.45) is 9.48. The number of aromatic nitrogens is 2. The second kappa shape index (κ2) is 9.80. The van der Waals surface area contributed by atoms with Crippen LogP contribution in [0.15, 0.2) is 24.3 Å². The van der Waals surface area contributed by atoms with Crippen LogP contribution in [0.5, 0.6) is 5.75 Å². The van der Waals surface area contributed by atoms with Gasteiger partial charge in [0.1, 0.15) is 17.4 Å². The lowest BCUT2D eigenvalue weighted by Gasteiger charge is -2.57. The van der Waals surface area contributed by atoms with Crippen molar-refractivity contribution in [3.8, 4) is 5.75 Å². The molecule has 2 heterocycles. The van der Waals surface area contributed by atoms with Crippen molar-refractivity contribution in [3.63, 3.8) is 0 Å². The number of amides is 2. The molecule has 0 radical (unpaired) electrons. The van der Waals surface area contributed by atoms with E-state index in [-0.39, 0.29) is 11.6 Å². The molecule has 37 heavy (non-hydrogen) atoms. The number of rotatable bonds is 5. The van der Waals surface area contributed by atoms with E-state index >= 15 is 0 Å². The van der Waals surface area contributed by atoms with Crippen LogP contribution >= 0.6 is 0 Å². The van der Waals surface area contributed by atoms with Crippen LogP contribution in [0.1, 0.15) is 67.6 Å². The van der Waals surface area contributed by atoms with Crippen molar-refractivity contribution in [2.24, 2.45) is 17.8 Å². The van der Waals surface area contributed by atoms with E-state index in [1.54, 1.807) is 7.11 Å². The zero-order valence-corrected chi connectivity index (χ0v) is 22.6. The number of urea groups is 1. The van der Waals surface area contributed by atoms with Crippen molar-refractivity contribution in [3.05, 3.63) is 46.9 Å². The summed E-state index contributed by atoms with van der Waals surface area (Å²) in [5, 5.41) is 3.58. The monoisotopic (exact) mass is 503 g/mol. The highest BCUT2D eigenvalue weighted by molar-refractivity contribution is 5.75. The van der Waals surface area contributed by atoms with Crippen molar-refractivity contribution < 1.29 is 9.53 Å². The summed E-state index contributed by atoms with van der Waals surface area (Å²) in [6.45, 7) is 7.26. The van der Waals surface area contributed by atoms with Crippen LogP contribution in [-0.4, -0.2) is 59.7 Å². The average Bonchev–Trinajstić information content (AvgIpc) is 3.11. The van der Waals surface area contributed by atoms with Gasteiger partial charge in [-0.3, -0.25) is 0 Å². The molecule has 1 aliphatic heterocycles. The molecule has 2 aromatic rings. The van der Waals surface area contributed by atoms with Gasteiger partial charge in [0.05, 0.1) is 7.11 Å². The molecule has 5 aliphatic rings. The van der Waals surface area contributed by atoms with Crippen LogP contribution < -0.4 is 15.0 Å². The minimum absolute atomic E-state index is 0.0598. The van der Waals surface area contributed by atoms with E-state index in [2.05, 4.69) is 34.2 Å². The van der Waals surface area contributed by atoms with Crippen molar-refractivity contribution in [2.45, 2.75) is 70.8 Å². The van der Waals surface area contributed by atoms with Crippen LogP contribution in [0, 0.1) is 31.6 Å². The lowest BCUT2D eigenvalue weighted by molar-refractivity contribution is -0.0155. The molecule has 0 atom stereocenters. The topological polar surface area (TPSA) is 70.6 Å². The molecule has 1 aromatic carbocycles. The van der Waals surface area contributed by atoms with Crippen molar-refractivity contribution >= 4 is 11.8 Å². The standard InChI is InChI=1S/C30H41N5O2/c1-20-27(16-22-5-7-26(37-3)8-6-22)28(32-21(2)31-20)34-9-4-10-35(12-11-34)29(36)33-30-17-23-13-24(18-30)15-25(14-23)19-30/h5-8,23-25H,4,9-19H2,1-3H3,(H,33,36). The summed E-state index contributed by atoms with van der Waals surface area (Å²) >= 11 is 0. The molecule has 7 rings (SSSR count). The predicted octanol–water partition coefficient (Wildman–Crippen LogP) is 4.88. The molecular weight excluding hydrogens is 462 g/mol. The largest absolute Gasteiger partial charge is 0.497 e. The zero-order valence-electron chi connectivity index (χ0n) is 22.6. The van der Waals surface area contributed by atoms with Gasteiger partial charge in [-0.2, -0.15) is 0 Å². The molecule has 1 N–H and O–H groups in total. The summed E-state index contributed by atoms with van der Waals surface area (Å²) in [5.74, 6) is 5.18. The smallest absolute Gasteiger partial charge is 0.317 e. The Morgan fingerprint density at radius 2 is 1.65 bits per heavy atom. The molecule has 198 valence electrons. The van der Waals surface area contributed by atoms with E-state index in [0.29, 0.717) is 0 Å². The number of ether oxygens (including phenoxy) is 1. The third-order valence-electron chi connectivity index (χ3n) is 9.34. The first-order chi connectivity index (χ1) is 17.9. The third kappa shape index (κ3) is 5.01. The Kier molecular flexibility index (Phi) is 6.49. The Hall–Kier alpha value is -2.83. The second-order valence-electron chi connectivity index (χ2n) is 12.1. The molecule has 7 heteroatoms. The molecule has 1 saturated heterocycles. The number of benzene rings is 1. The molecule has 4 bridgehead atoms. The highest BCUT2D eigenvalue weighted by atomic mass is 16.5. The number of anilines is 1. The summed E-state index contributed by atoms with van der Waals surface area (Å²) in [6, 6.07) is 8.39. The number of carbonyl (C=O) groups is 1. The maximum absolute atomic E-state index is 13.5. The predicted molar refractivity (Wildman–Crippen MR) is 145 cm³/mol. The molecule has 1 aromatic heterocycles. The molecule has 0 unspecified atom stereocenters. The molecule has 7 nitrogen and oxygen atoms in total. The minimum Gasteiger partial charge on any atom is -0.497 e. The summed E-state index contributed by atoms with van der Waals surface area (Å²) < 4.78 is 5.33. The average molecular weight is 504 g/mol. The molecule has 5 fully saturated rings. The Morgan fingerprint density at radius 1 is 0.973 bits per heavy atom. The van der Waals surface area contributed by atoms with E-state index < -0.39 is 0 Å². The van der Waals surface area contributed by atoms with Gasteiger partial charge < -0.3 is 19.9 Å². The fraction of sp³-hybridized carbons (Fsp3) is 0.633. The number of nitrogens with zero attached hydrogens (tertiary/aromatic N) is 4. The first-order valence-corrected chi connectivity index (χ1v) is 14.2. The van der Waals surface area contributed by atoms with Gasteiger partial charge >= 0.3 is 6.03 Å². The van der Waals surface area contributed by atoms with E-state index in [4.69, 9.17) is 14.7 Å². The van der Waals surface area contributed by atoms with E-state index in [9.17, 15) is 4.79 Å². The third-order valence-corrected chi connectivity index (χ3v) is 9.34. The van der Waals surface area contributed by atoms with Crippen LogP contribution in [0.4, 0.5) is 10.6 Å². The highest BCUT2D eigenvalue weighted by Crippen LogP contribution is 2.55. The number of carbonyl (C=O) groups excluding carboxylic acids is 1. The van der Waals surface area contributed by atoms with Gasteiger partial charge in [0, 0.05) is 49.4 Å². The van der Waals surface area contributed by atoms with Crippen LogP contribution in [0.2, 0.25) is 0 Å². The van der Waals surface area contributed by atoms with Gasteiger partial charge in [-0.05, 0) is 94.2 Å². The van der Waals surface area contributed by atoms with E-state index in [1.807, 2.05) is 19.1 Å². The Bertz CT molecular complexity index is 1110. The molecule has 0 spiro atoms. The lowest BCUT2D eigenvalue weighted by atomic mass is 9.53. The number of methoxy groups -OCH3 is 1. The van der Waals surface area contributed by atoms with Gasteiger partial charge in [-0.1, -0.05) is 12.1 Å². The SMILES string of the molecule is COc1ccc(Cc2c(C)nc(C)nc2N2CCCN(C(=O)NC34CC5CC(CC(C5)C3)C4)CC2)cc1. The zero-order chi connectivity index (χ0) is 25.6. The second-order valence-corrected chi connectivity index (χ2v) is 12.1. The number of hydrogen-bond acceptors (Lipinski definition) is 5. The quantitative estimate of drug-likeness (QED) is 0.630. The van der Waals surface area contributed by atoms with Crippen molar-refractivity contribution in [2.75, 3.05) is 38.2 Å². The van der Waals surface area contributed by atoms with E-state index in [0.717, 1.165) is 79.9 Å². The normalized spacial score (nSPS) is 28.8. The first-order valence-electron chi connectivity index (χ1n) is 14.2. The Morgan fingerprint density at radius 3 is 2.30 bits per heavy atom. The van der Waals surface area contributed by atoms with Gasteiger partial charge in [0.15, 0.2) is 0 Å². The van der Waals surface area contributed by atoms with Crippen LogP contribution in [-0.2, 0) is 6.42 Å². The molecule has 4 saturated carbocycles.